The molecule has 1 amide bonds. The Hall–Kier alpha value is -3.05. The quantitative estimate of drug-likeness (QED) is 0.553. The minimum Gasteiger partial charge on any atom is -0.385 e. The molecule has 0 bridgehead atoms. The average Bonchev–Trinajstić information content (AvgIpc) is 3.22. The highest BCUT2D eigenvalue weighted by Gasteiger charge is 2.15. The number of nitrogens with zero attached hydrogens (tertiary/aromatic N) is 1. The minimum atomic E-state index is -0.243. The summed E-state index contributed by atoms with van der Waals surface area (Å²) < 4.78 is 5.35. The molecule has 0 saturated carbocycles. The van der Waals surface area contributed by atoms with Crippen LogP contribution >= 0.6 is 11.6 Å². The zero-order chi connectivity index (χ0) is 20.9. The Morgan fingerprint density at radius 2 is 2.03 bits per heavy atom. The standard InChI is InChI=1S/C24H24ClN3O2/c1-16-5-7-18(8-6-16)23-15-22(28-30-23)24(29)27-13-11-17-4-2-3-12-26-21-10-9-19(25)14-20(17)21/h4-10,14-15,26H,2-3,11-13H2,1H3,(H,27,29)/b17-4-. The number of carbonyl (C=O) groups is 1. The summed E-state index contributed by atoms with van der Waals surface area (Å²) in [5, 5.41) is 11.0. The van der Waals surface area contributed by atoms with Gasteiger partial charge in [0.1, 0.15) is 0 Å². The first-order chi connectivity index (χ1) is 14.6. The zero-order valence-corrected chi connectivity index (χ0v) is 17.6. The van der Waals surface area contributed by atoms with E-state index in [4.69, 9.17) is 16.1 Å². The molecule has 0 fully saturated rings. The number of fused-ring (bicyclic) bond motifs is 1. The first kappa shape index (κ1) is 20.2. The smallest absolute Gasteiger partial charge is 0.273 e. The van der Waals surface area contributed by atoms with Crippen LogP contribution < -0.4 is 10.6 Å². The van der Waals surface area contributed by atoms with E-state index >= 15 is 0 Å². The predicted octanol–water partition coefficient (Wildman–Crippen LogP) is 5.71. The SMILES string of the molecule is Cc1ccc(-c2cc(C(=O)NCC/C3=C/CCCNc4ccc(Cl)cc43)no2)cc1. The lowest BCUT2D eigenvalue weighted by Crippen LogP contribution is -2.25. The molecule has 1 aliphatic heterocycles. The molecule has 30 heavy (non-hydrogen) atoms. The number of allylic oxidation sites excluding steroid dienone is 1. The summed E-state index contributed by atoms with van der Waals surface area (Å²) in [5.74, 6) is 0.338. The van der Waals surface area contributed by atoms with Gasteiger partial charge in [-0.05, 0) is 50.0 Å². The van der Waals surface area contributed by atoms with Crippen LogP contribution in [0, 0.1) is 6.92 Å². The molecule has 2 heterocycles. The fourth-order valence-corrected chi connectivity index (χ4v) is 3.69. The third-order valence-corrected chi connectivity index (χ3v) is 5.41. The molecule has 3 aromatic rings. The van der Waals surface area contributed by atoms with Crippen molar-refractivity contribution in [2.75, 3.05) is 18.4 Å². The van der Waals surface area contributed by atoms with E-state index < -0.39 is 0 Å². The van der Waals surface area contributed by atoms with Crippen LogP contribution in [0.4, 0.5) is 5.69 Å². The van der Waals surface area contributed by atoms with Gasteiger partial charge in [0.2, 0.25) is 0 Å². The van der Waals surface area contributed by atoms with Crippen molar-refractivity contribution in [1.82, 2.24) is 10.5 Å². The summed E-state index contributed by atoms with van der Waals surface area (Å²) in [4.78, 5) is 12.5. The van der Waals surface area contributed by atoms with Crippen molar-refractivity contribution in [3.05, 3.63) is 76.5 Å². The number of aromatic nitrogens is 1. The van der Waals surface area contributed by atoms with E-state index in [1.165, 1.54) is 5.57 Å². The second kappa shape index (κ2) is 9.18. The highest BCUT2D eigenvalue weighted by atomic mass is 35.5. The van der Waals surface area contributed by atoms with Crippen molar-refractivity contribution in [3.63, 3.8) is 0 Å². The van der Waals surface area contributed by atoms with Gasteiger partial charge in [0, 0.05) is 41.0 Å². The third-order valence-electron chi connectivity index (χ3n) is 5.17. The Balaban J connectivity index is 1.40. The van der Waals surface area contributed by atoms with Crippen molar-refractivity contribution in [2.45, 2.75) is 26.2 Å². The van der Waals surface area contributed by atoms with Gasteiger partial charge in [0.25, 0.3) is 5.91 Å². The normalized spacial score (nSPS) is 15.2. The summed E-state index contributed by atoms with van der Waals surface area (Å²) in [6.45, 7) is 3.46. The molecule has 2 N–H and O–H groups in total. The van der Waals surface area contributed by atoms with E-state index in [0.29, 0.717) is 23.7 Å². The van der Waals surface area contributed by atoms with Crippen LogP contribution in [0.3, 0.4) is 0 Å². The molecule has 2 aromatic carbocycles. The molecule has 0 aliphatic carbocycles. The topological polar surface area (TPSA) is 67.2 Å². The van der Waals surface area contributed by atoms with Gasteiger partial charge in [-0.3, -0.25) is 4.79 Å². The van der Waals surface area contributed by atoms with Gasteiger partial charge in [0.15, 0.2) is 11.5 Å². The maximum atomic E-state index is 12.5. The zero-order valence-electron chi connectivity index (χ0n) is 16.9. The number of benzene rings is 2. The van der Waals surface area contributed by atoms with E-state index in [0.717, 1.165) is 41.8 Å². The summed E-state index contributed by atoms with van der Waals surface area (Å²) in [6.07, 6.45) is 5.02. The van der Waals surface area contributed by atoms with Gasteiger partial charge >= 0.3 is 0 Å². The van der Waals surface area contributed by atoms with Crippen molar-refractivity contribution < 1.29 is 9.32 Å². The monoisotopic (exact) mass is 421 g/mol. The Labute approximate surface area is 181 Å². The van der Waals surface area contributed by atoms with Crippen molar-refractivity contribution in [1.29, 1.82) is 0 Å². The molecule has 1 aliphatic rings. The molecule has 0 unspecified atom stereocenters. The van der Waals surface area contributed by atoms with Crippen LogP contribution in [0.25, 0.3) is 16.9 Å². The van der Waals surface area contributed by atoms with E-state index in [2.05, 4.69) is 21.9 Å². The fraction of sp³-hybridized carbons (Fsp3) is 0.250. The highest BCUT2D eigenvalue weighted by Crippen LogP contribution is 2.31. The summed E-state index contributed by atoms with van der Waals surface area (Å²) in [5.41, 5.74) is 5.70. The molecule has 1 aromatic heterocycles. The third kappa shape index (κ3) is 4.74. The molecule has 154 valence electrons. The van der Waals surface area contributed by atoms with Crippen LogP contribution in [0.15, 0.2) is 59.1 Å². The van der Waals surface area contributed by atoms with Gasteiger partial charge in [0.05, 0.1) is 0 Å². The molecule has 0 atom stereocenters. The van der Waals surface area contributed by atoms with Gasteiger partial charge in [-0.15, -0.1) is 0 Å². The second-order valence-corrected chi connectivity index (χ2v) is 7.87. The number of hydrogen-bond acceptors (Lipinski definition) is 4. The van der Waals surface area contributed by atoms with Crippen LogP contribution in [-0.4, -0.2) is 24.2 Å². The number of halogens is 1. The predicted molar refractivity (Wildman–Crippen MR) is 121 cm³/mol. The van der Waals surface area contributed by atoms with Crippen LogP contribution in [-0.2, 0) is 0 Å². The Morgan fingerprint density at radius 3 is 2.87 bits per heavy atom. The second-order valence-electron chi connectivity index (χ2n) is 7.44. The maximum Gasteiger partial charge on any atom is 0.273 e. The van der Waals surface area contributed by atoms with E-state index in [9.17, 15) is 4.79 Å². The number of rotatable bonds is 5. The highest BCUT2D eigenvalue weighted by molar-refractivity contribution is 6.30. The number of hydrogen-bond donors (Lipinski definition) is 2. The lowest BCUT2D eigenvalue weighted by Gasteiger charge is -2.18. The van der Waals surface area contributed by atoms with Crippen molar-refractivity contribution in [2.24, 2.45) is 0 Å². The van der Waals surface area contributed by atoms with Crippen LogP contribution in [0.2, 0.25) is 5.02 Å². The Bertz CT molecular complexity index is 1070. The Morgan fingerprint density at radius 1 is 1.20 bits per heavy atom. The van der Waals surface area contributed by atoms with Gasteiger partial charge in [-0.2, -0.15) is 0 Å². The van der Waals surface area contributed by atoms with E-state index in [1.807, 2.05) is 49.4 Å². The molecule has 0 spiro atoms. The van der Waals surface area contributed by atoms with E-state index in [-0.39, 0.29) is 11.6 Å². The molecule has 5 nitrogen and oxygen atoms in total. The summed E-state index contributed by atoms with van der Waals surface area (Å²) in [7, 11) is 0. The number of nitrogens with one attached hydrogen (secondary N) is 2. The van der Waals surface area contributed by atoms with Crippen molar-refractivity contribution in [3.8, 4) is 11.3 Å². The molecular weight excluding hydrogens is 398 g/mol. The number of aryl methyl sites for hydroxylation is 1. The van der Waals surface area contributed by atoms with Gasteiger partial charge < -0.3 is 15.2 Å². The Kier molecular flexibility index (Phi) is 6.19. The first-order valence-corrected chi connectivity index (χ1v) is 10.5. The number of carbonyl (C=O) groups excluding carboxylic acids is 1. The molecule has 4 rings (SSSR count). The molecule has 6 heteroatoms. The number of amides is 1. The van der Waals surface area contributed by atoms with Crippen LogP contribution in [0.1, 0.15) is 40.9 Å². The lowest BCUT2D eigenvalue weighted by molar-refractivity contribution is 0.0945. The van der Waals surface area contributed by atoms with E-state index in [1.54, 1.807) is 6.07 Å². The molecular formula is C24H24ClN3O2. The van der Waals surface area contributed by atoms with Gasteiger partial charge in [-0.25, -0.2) is 0 Å². The summed E-state index contributed by atoms with van der Waals surface area (Å²) in [6, 6.07) is 15.5. The minimum absolute atomic E-state index is 0.243. The largest absolute Gasteiger partial charge is 0.385 e. The molecule has 0 radical (unpaired) electrons. The van der Waals surface area contributed by atoms with Crippen molar-refractivity contribution >= 4 is 28.8 Å². The number of anilines is 1. The van der Waals surface area contributed by atoms with Gasteiger partial charge in [-0.1, -0.05) is 52.7 Å². The molecule has 0 saturated heterocycles. The maximum absolute atomic E-state index is 12.5. The summed E-state index contributed by atoms with van der Waals surface area (Å²) >= 11 is 6.22. The average molecular weight is 422 g/mol. The lowest BCUT2D eigenvalue weighted by atomic mass is 9.97. The fourth-order valence-electron chi connectivity index (χ4n) is 3.52. The first-order valence-electron chi connectivity index (χ1n) is 10.1. The van der Waals surface area contributed by atoms with Crippen LogP contribution in [0.5, 0.6) is 0 Å².